The number of hydrogen-bond acceptors (Lipinski definition) is 4. The molecule has 0 aromatic carbocycles. The van der Waals surface area contributed by atoms with E-state index in [2.05, 4.69) is 22.6 Å². The number of halogens is 33. The first-order chi connectivity index (χ1) is 26.6. The van der Waals surface area contributed by atoms with E-state index in [1.165, 1.54) is 0 Å². The Morgan fingerprint density at radius 1 is 0.387 bits per heavy atom. The van der Waals surface area contributed by atoms with Crippen molar-refractivity contribution in [1.82, 2.24) is 0 Å². The summed E-state index contributed by atoms with van der Waals surface area (Å²) in [5, 5.41) is 0. The van der Waals surface area contributed by atoms with Gasteiger partial charge in [0.05, 0.1) is 13.0 Å². The Hall–Kier alpha value is -3.89. The number of ether oxygens (including phenoxy) is 2. The van der Waals surface area contributed by atoms with Gasteiger partial charge in [0.25, 0.3) is 0 Å². The van der Waals surface area contributed by atoms with Crippen molar-refractivity contribution in [3.63, 3.8) is 0 Å². The molecule has 37 heteroatoms. The van der Waals surface area contributed by atoms with E-state index in [1.54, 1.807) is 0 Å². The third-order valence-corrected chi connectivity index (χ3v) is 6.91. The summed E-state index contributed by atoms with van der Waals surface area (Å²) in [6, 6.07) is 0. The standard InChI is InChI=1S/C15H7F21O2.C10H6F12O2/c1-2-5(37)38-4-3-6(16,17)7(18,19)8(20,21)9(22,23)10(24,25)11(26,27)12(28,29)13(30,31)14(32,33)15(34,35)36;1-2-4(23)24-3-6(13,14)8(17,18)10(21,22)9(19,20)7(15,16)5(11)12/h2H,1,3-4H2;2,5H,1,3H2. The van der Waals surface area contributed by atoms with Gasteiger partial charge in [-0.3, -0.25) is 0 Å². The molecule has 368 valence electrons. The van der Waals surface area contributed by atoms with Gasteiger partial charge in [0.15, 0.2) is 6.61 Å². The Labute approximate surface area is 317 Å². The molecule has 0 radical (unpaired) electrons. The van der Waals surface area contributed by atoms with Crippen LogP contribution >= 0.6 is 0 Å². The largest absolute Gasteiger partial charge is 0.462 e. The Morgan fingerprint density at radius 3 is 0.935 bits per heavy atom. The van der Waals surface area contributed by atoms with Crippen LogP contribution in [-0.2, 0) is 19.1 Å². The highest BCUT2D eigenvalue weighted by Crippen LogP contribution is 2.66. The first-order valence-electron chi connectivity index (χ1n) is 13.8. The third kappa shape index (κ3) is 9.20. The highest BCUT2D eigenvalue weighted by Gasteiger charge is 2.98. The molecule has 0 amide bonds. The molecule has 0 aliphatic heterocycles. The maximum atomic E-state index is 13.6. The average molecular weight is 1000 g/mol. The fourth-order valence-corrected chi connectivity index (χ4v) is 3.17. The molecular weight excluding hydrogens is 991 g/mol. The van der Waals surface area contributed by atoms with Crippen molar-refractivity contribution in [3.8, 4) is 0 Å². The van der Waals surface area contributed by atoms with E-state index >= 15 is 0 Å². The van der Waals surface area contributed by atoms with Crippen molar-refractivity contribution in [2.75, 3.05) is 13.2 Å². The van der Waals surface area contributed by atoms with E-state index in [4.69, 9.17) is 0 Å². The van der Waals surface area contributed by atoms with Crippen molar-refractivity contribution < 1.29 is 164 Å². The summed E-state index contributed by atoms with van der Waals surface area (Å²) < 4.78 is 435. The molecule has 0 aliphatic carbocycles. The molecule has 0 saturated heterocycles. The fourth-order valence-electron chi connectivity index (χ4n) is 3.17. The van der Waals surface area contributed by atoms with E-state index < -0.39 is 127 Å². The maximum Gasteiger partial charge on any atom is 0.460 e. The Balaban J connectivity index is 0. The van der Waals surface area contributed by atoms with Gasteiger partial charge in [-0.15, -0.1) is 0 Å². The normalized spacial score (nSPS) is 15.5. The van der Waals surface area contributed by atoms with E-state index in [-0.39, 0.29) is 12.2 Å². The summed E-state index contributed by atoms with van der Waals surface area (Å²) in [5.41, 5.74) is 0. The van der Waals surface area contributed by atoms with Gasteiger partial charge in [-0.25, -0.2) is 18.4 Å². The molecule has 0 fully saturated rings. The number of esters is 2. The quantitative estimate of drug-likeness (QED) is 0.0693. The number of carbonyl (C=O) groups is 2. The minimum Gasteiger partial charge on any atom is -0.462 e. The Morgan fingerprint density at radius 2 is 0.645 bits per heavy atom. The van der Waals surface area contributed by atoms with E-state index in [0.717, 1.165) is 0 Å². The van der Waals surface area contributed by atoms with Crippen molar-refractivity contribution in [2.45, 2.75) is 102 Å². The summed E-state index contributed by atoms with van der Waals surface area (Å²) in [5.74, 6) is -117. The second-order valence-corrected chi connectivity index (χ2v) is 11.1. The summed E-state index contributed by atoms with van der Waals surface area (Å²) in [4.78, 5) is 21.0. The Kier molecular flexibility index (Phi) is 16.7. The number of rotatable bonds is 20. The van der Waals surface area contributed by atoms with Crippen LogP contribution < -0.4 is 0 Å². The molecule has 0 saturated carbocycles. The zero-order chi connectivity index (χ0) is 51.2. The summed E-state index contributed by atoms with van der Waals surface area (Å²) in [6.45, 7) is 0.135. The maximum absolute atomic E-state index is 13.6. The molecule has 0 bridgehead atoms. The second kappa shape index (κ2) is 17.2. The van der Waals surface area contributed by atoms with Gasteiger partial charge in [0.2, 0.25) is 0 Å². The zero-order valence-electron chi connectivity index (χ0n) is 27.9. The van der Waals surface area contributed by atoms with Crippen LogP contribution in [0.5, 0.6) is 0 Å². The predicted octanol–water partition coefficient (Wildman–Crippen LogP) is 11.5. The summed E-state index contributed by atoms with van der Waals surface area (Å²) >= 11 is 0. The molecule has 0 spiro atoms. The fraction of sp³-hybridized carbons (Fsp3) is 0.760. The molecule has 0 N–H and O–H groups in total. The summed E-state index contributed by atoms with van der Waals surface area (Å²) in [7, 11) is 0. The van der Waals surface area contributed by atoms with Crippen LogP contribution in [0.2, 0.25) is 0 Å². The first-order valence-corrected chi connectivity index (χ1v) is 13.8. The van der Waals surface area contributed by atoms with Crippen molar-refractivity contribution in [1.29, 1.82) is 0 Å². The van der Waals surface area contributed by atoms with Gasteiger partial charge in [-0.2, -0.15) is 136 Å². The lowest BCUT2D eigenvalue weighted by Gasteiger charge is -2.44. The zero-order valence-corrected chi connectivity index (χ0v) is 27.9. The van der Waals surface area contributed by atoms with Gasteiger partial charge in [0, 0.05) is 12.2 Å². The van der Waals surface area contributed by atoms with Crippen LogP contribution in [0.25, 0.3) is 0 Å². The van der Waals surface area contributed by atoms with E-state index in [9.17, 15) is 154 Å². The van der Waals surface area contributed by atoms with Gasteiger partial charge >= 0.3 is 107 Å². The predicted molar refractivity (Wildman–Crippen MR) is 128 cm³/mol. The third-order valence-electron chi connectivity index (χ3n) is 6.91. The van der Waals surface area contributed by atoms with Crippen molar-refractivity contribution in [3.05, 3.63) is 25.3 Å². The minimum atomic E-state index is -9.21. The molecule has 0 atom stereocenters. The molecule has 0 aromatic heterocycles. The monoisotopic (exact) mass is 1000 g/mol. The minimum absolute atomic E-state index is 0.103. The van der Waals surface area contributed by atoms with Crippen LogP contribution in [0.1, 0.15) is 6.42 Å². The molecule has 0 heterocycles. The summed E-state index contributed by atoms with van der Waals surface area (Å²) in [6.07, 6.45) is -16.4. The van der Waals surface area contributed by atoms with Gasteiger partial charge < -0.3 is 9.47 Å². The second-order valence-electron chi connectivity index (χ2n) is 11.1. The topological polar surface area (TPSA) is 52.6 Å². The van der Waals surface area contributed by atoms with Crippen LogP contribution in [0.15, 0.2) is 25.3 Å². The first kappa shape index (κ1) is 60.2. The van der Waals surface area contributed by atoms with Crippen LogP contribution in [-0.4, -0.2) is 121 Å². The average Bonchev–Trinajstić information content (AvgIpc) is 3.08. The molecule has 4 nitrogen and oxygen atoms in total. The van der Waals surface area contributed by atoms with E-state index in [1.807, 2.05) is 0 Å². The molecular formula is C25H13F33O4. The molecule has 0 aromatic rings. The lowest BCUT2D eigenvalue weighted by molar-refractivity contribution is -0.474. The van der Waals surface area contributed by atoms with E-state index in [0.29, 0.717) is 0 Å². The van der Waals surface area contributed by atoms with Crippen LogP contribution in [0.4, 0.5) is 145 Å². The van der Waals surface area contributed by atoms with Gasteiger partial charge in [-0.1, -0.05) is 13.2 Å². The lowest BCUT2D eigenvalue weighted by atomic mass is 9.86. The number of carbonyl (C=O) groups excluding carboxylic acids is 2. The molecule has 62 heavy (non-hydrogen) atoms. The molecule has 0 rings (SSSR count). The number of hydrogen-bond donors (Lipinski definition) is 0. The molecule has 0 unspecified atom stereocenters. The van der Waals surface area contributed by atoms with Crippen LogP contribution in [0.3, 0.4) is 0 Å². The van der Waals surface area contributed by atoms with Crippen LogP contribution in [0, 0.1) is 0 Å². The van der Waals surface area contributed by atoms with Crippen molar-refractivity contribution in [2.24, 2.45) is 0 Å². The lowest BCUT2D eigenvalue weighted by Crippen LogP contribution is -2.76. The SMILES string of the molecule is C=CC(=O)OCC(F)(F)C(F)(F)C(F)(F)C(F)(F)C(F)(F)C(F)F.C=CC(=O)OCCC(F)(F)C(F)(F)C(F)(F)C(F)(F)C(F)(F)C(F)(F)C(F)(F)C(F)(F)C(F)(F)C(F)(F)F. The van der Waals surface area contributed by atoms with Gasteiger partial charge in [-0.05, 0) is 0 Å². The molecule has 0 aliphatic rings. The highest BCUT2D eigenvalue weighted by atomic mass is 19.4. The number of alkyl halides is 33. The highest BCUT2D eigenvalue weighted by molar-refractivity contribution is 5.81. The van der Waals surface area contributed by atoms with Gasteiger partial charge in [0.1, 0.15) is 0 Å². The smallest absolute Gasteiger partial charge is 0.460 e. The Bertz CT molecular complexity index is 1590. The van der Waals surface area contributed by atoms with Crippen molar-refractivity contribution >= 4 is 11.9 Å².